The number of aromatic nitrogens is 3. The van der Waals surface area contributed by atoms with Gasteiger partial charge in [0.25, 0.3) is 5.56 Å². The summed E-state index contributed by atoms with van der Waals surface area (Å²) in [6.45, 7) is 5.75. The average Bonchev–Trinajstić information content (AvgIpc) is 2.69. The highest BCUT2D eigenvalue weighted by molar-refractivity contribution is 6.30. The number of rotatable bonds is 6. The molecule has 2 aromatic heterocycles. The Morgan fingerprint density at radius 3 is 2.66 bits per heavy atom. The van der Waals surface area contributed by atoms with Crippen molar-refractivity contribution in [2.24, 2.45) is 0 Å². The summed E-state index contributed by atoms with van der Waals surface area (Å²) in [5, 5.41) is 9.95. The molecule has 2 heterocycles. The van der Waals surface area contributed by atoms with E-state index < -0.39 is 0 Å². The van der Waals surface area contributed by atoms with Gasteiger partial charge in [-0.15, -0.1) is 0 Å². The molecule has 7 heteroatoms. The van der Waals surface area contributed by atoms with Gasteiger partial charge >= 0.3 is 0 Å². The minimum atomic E-state index is -0.192. The van der Waals surface area contributed by atoms with Crippen molar-refractivity contribution in [1.29, 1.82) is 0 Å². The summed E-state index contributed by atoms with van der Waals surface area (Å²) in [5.41, 5.74) is 4.17. The zero-order valence-electron chi connectivity index (χ0n) is 17.0. The number of methoxy groups -OCH3 is 1. The van der Waals surface area contributed by atoms with Gasteiger partial charge in [-0.1, -0.05) is 23.7 Å². The number of hydrogen-bond acceptors (Lipinski definition) is 5. The van der Waals surface area contributed by atoms with Crippen LogP contribution in [0.4, 0.5) is 0 Å². The van der Waals surface area contributed by atoms with Gasteiger partial charge in [0.1, 0.15) is 11.6 Å². The number of aliphatic hydroxyl groups is 1. The fourth-order valence-electron chi connectivity index (χ4n) is 3.48. The molecular formula is C22H24ClN3O3. The Bertz CT molecular complexity index is 1110. The van der Waals surface area contributed by atoms with Gasteiger partial charge in [0.15, 0.2) is 0 Å². The molecule has 0 aliphatic carbocycles. The van der Waals surface area contributed by atoms with Gasteiger partial charge in [0, 0.05) is 52.2 Å². The van der Waals surface area contributed by atoms with E-state index in [1.807, 2.05) is 26.0 Å². The second-order valence-electron chi connectivity index (χ2n) is 6.92. The Morgan fingerprint density at radius 2 is 2.00 bits per heavy atom. The first-order valence-corrected chi connectivity index (χ1v) is 9.71. The first-order chi connectivity index (χ1) is 13.9. The molecule has 1 aromatic carbocycles. The van der Waals surface area contributed by atoms with E-state index in [-0.39, 0.29) is 25.1 Å². The molecule has 3 rings (SSSR count). The fraction of sp³-hybridized carbons (Fsp3) is 0.318. The van der Waals surface area contributed by atoms with E-state index in [1.54, 1.807) is 36.9 Å². The Hall–Kier alpha value is -2.70. The van der Waals surface area contributed by atoms with Crippen LogP contribution in [0.2, 0.25) is 5.02 Å². The van der Waals surface area contributed by atoms with Crippen molar-refractivity contribution in [3.8, 4) is 17.1 Å². The fourth-order valence-corrected chi connectivity index (χ4v) is 3.67. The highest BCUT2D eigenvalue weighted by atomic mass is 35.5. The molecule has 0 unspecified atom stereocenters. The van der Waals surface area contributed by atoms with E-state index >= 15 is 0 Å². The molecule has 0 atom stereocenters. The summed E-state index contributed by atoms with van der Waals surface area (Å²) >= 11 is 6.17. The van der Waals surface area contributed by atoms with Gasteiger partial charge in [0.2, 0.25) is 0 Å². The van der Waals surface area contributed by atoms with Crippen LogP contribution < -0.4 is 10.3 Å². The number of aryl methyl sites for hydroxylation is 2. The third-order valence-electron chi connectivity index (χ3n) is 4.97. The number of benzene rings is 1. The van der Waals surface area contributed by atoms with Crippen molar-refractivity contribution in [3.63, 3.8) is 0 Å². The molecule has 6 nitrogen and oxygen atoms in total. The smallest absolute Gasteiger partial charge is 0.257 e. The van der Waals surface area contributed by atoms with Crippen LogP contribution in [0, 0.1) is 20.8 Å². The van der Waals surface area contributed by atoms with Crippen LogP contribution in [0.5, 0.6) is 5.75 Å². The second kappa shape index (κ2) is 8.76. The van der Waals surface area contributed by atoms with Gasteiger partial charge < -0.3 is 9.84 Å². The first kappa shape index (κ1) is 21.0. The molecule has 0 radical (unpaired) electrons. The molecule has 3 aromatic rings. The highest BCUT2D eigenvalue weighted by Crippen LogP contribution is 2.26. The summed E-state index contributed by atoms with van der Waals surface area (Å²) < 4.78 is 7.09. The molecule has 0 fully saturated rings. The summed E-state index contributed by atoms with van der Waals surface area (Å²) in [7, 11) is 1.62. The lowest BCUT2D eigenvalue weighted by molar-refractivity contribution is 0.298. The maximum Gasteiger partial charge on any atom is 0.257 e. The lowest BCUT2D eigenvalue weighted by Gasteiger charge is -2.18. The SMILES string of the molecule is COc1c(C)cnc(Cn2c(-c3cccc(Cl)c3)nc(C)c(CCO)c2=O)c1C. The summed E-state index contributed by atoms with van der Waals surface area (Å²) in [6.07, 6.45) is 1.98. The van der Waals surface area contributed by atoms with Gasteiger partial charge in [-0.25, -0.2) is 4.98 Å². The second-order valence-corrected chi connectivity index (χ2v) is 7.36. The van der Waals surface area contributed by atoms with Crippen molar-refractivity contribution in [3.05, 3.63) is 73.9 Å². The lowest BCUT2D eigenvalue weighted by atomic mass is 10.1. The predicted molar refractivity (Wildman–Crippen MR) is 114 cm³/mol. The van der Waals surface area contributed by atoms with Crippen molar-refractivity contribution < 1.29 is 9.84 Å². The molecule has 0 aliphatic rings. The number of halogens is 1. The van der Waals surface area contributed by atoms with Gasteiger partial charge in [-0.3, -0.25) is 14.3 Å². The highest BCUT2D eigenvalue weighted by Gasteiger charge is 2.18. The van der Waals surface area contributed by atoms with E-state index in [0.717, 1.165) is 28.1 Å². The van der Waals surface area contributed by atoms with Crippen LogP contribution in [0.1, 0.15) is 28.1 Å². The maximum atomic E-state index is 13.3. The van der Waals surface area contributed by atoms with Crippen molar-refractivity contribution >= 4 is 11.6 Å². The predicted octanol–water partition coefficient (Wildman–Crippen LogP) is 3.48. The minimum absolute atomic E-state index is 0.121. The van der Waals surface area contributed by atoms with Crippen molar-refractivity contribution in [2.75, 3.05) is 13.7 Å². The van der Waals surface area contributed by atoms with E-state index in [4.69, 9.17) is 16.3 Å². The Morgan fingerprint density at radius 1 is 1.24 bits per heavy atom. The lowest BCUT2D eigenvalue weighted by Crippen LogP contribution is -2.29. The zero-order chi connectivity index (χ0) is 21.1. The topological polar surface area (TPSA) is 77.2 Å². The van der Waals surface area contributed by atoms with Crippen LogP contribution >= 0.6 is 11.6 Å². The van der Waals surface area contributed by atoms with Gasteiger partial charge in [-0.05, 0) is 32.9 Å². The molecule has 0 spiro atoms. The maximum absolute atomic E-state index is 13.3. The monoisotopic (exact) mass is 413 g/mol. The number of pyridine rings is 1. The number of hydrogen-bond donors (Lipinski definition) is 1. The van der Waals surface area contributed by atoms with Crippen LogP contribution in [0.15, 0.2) is 35.3 Å². The number of aliphatic hydroxyl groups excluding tert-OH is 1. The molecule has 0 saturated carbocycles. The van der Waals surface area contributed by atoms with E-state index in [9.17, 15) is 9.90 Å². The van der Waals surface area contributed by atoms with E-state index in [0.29, 0.717) is 22.1 Å². The Kier molecular flexibility index (Phi) is 6.35. The molecule has 1 N–H and O–H groups in total. The normalized spacial score (nSPS) is 11.0. The summed E-state index contributed by atoms with van der Waals surface area (Å²) in [6, 6.07) is 7.24. The van der Waals surface area contributed by atoms with Gasteiger partial charge in [-0.2, -0.15) is 0 Å². The molecule has 0 saturated heterocycles. The summed E-state index contributed by atoms with van der Waals surface area (Å²) in [4.78, 5) is 22.5. The standard InChI is InChI=1S/C22H24ClN3O3/c1-13-11-24-19(14(2)20(13)29-4)12-26-21(16-6-5-7-17(23)10-16)25-15(3)18(8-9-27)22(26)28/h5-7,10-11,27H,8-9,12H2,1-4H3. The largest absolute Gasteiger partial charge is 0.496 e. The number of nitrogens with zero attached hydrogens (tertiary/aromatic N) is 3. The van der Waals surface area contributed by atoms with Crippen molar-refractivity contribution in [2.45, 2.75) is 33.7 Å². The van der Waals surface area contributed by atoms with Crippen LogP contribution in [-0.2, 0) is 13.0 Å². The Balaban J connectivity index is 2.24. The molecular weight excluding hydrogens is 390 g/mol. The van der Waals surface area contributed by atoms with Crippen molar-refractivity contribution in [1.82, 2.24) is 14.5 Å². The molecule has 0 amide bonds. The van der Waals surface area contributed by atoms with Crippen LogP contribution in [0.25, 0.3) is 11.4 Å². The first-order valence-electron chi connectivity index (χ1n) is 9.33. The summed E-state index contributed by atoms with van der Waals surface area (Å²) in [5.74, 6) is 1.26. The molecule has 0 bridgehead atoms. The minimum Gasteiger partial charge on any atom is -0.496 e. The van der Waals surface area contributed by atoms with Crippen LogP contribution in [0.3, 0.4) is 0 Å². The average molecular weight is 414 g/mol. The third kappa shape index (κ3) is 4.18. The molecule has 152 valence electrons. The Labute approximate surface area is 174 Å². The quantitative estimate of drug-likeness (QED) is 0.669. The van der Waals surface area contributed by atoms with E-state index in [1.165, 1.54) is 0 Å². The molecule has 0 aliphatic heterocycles. The van der Waals surface area contributed by atoms with E-state index in [2.05, 4.69) is 9.97 Å². The third-order valence-corrected chi connectivity index (χ3v) is 5.21. The zero-order valence-corrected chi connectivity index (χ0v) is 17.7. The number of ether oxygens (including phenoxy) is 1. The van der Waals surface area contributed by atoms with Crippen LogP contribution in [-0.4, -0.2) is 33.4 Å². The molecule has 29 heavy (non-hydrogen) atoms. The van der Waals surface area contributed by atoms with Gasteiger partial charge in [0.05, 0.1) is 19.3 Å².